The number of halogens is 1. The lowest BCUT2D eigenvalue weighted by atomic mass is 9.78. The van der Waals surface area contributed by atoms with Crippen LogP contribution in [-0.2, 0) is 4.74 Å². The quantitative estimate of drug-likeness (QED) is 0.658. The van der Waals surface area contributed by atoms with Crippen molar-refractivity contribution in [1.82, 2.24) is 5.43 Å². The van der Waals surface area contributed by atoms with Gasteiger partial charge in [-0.15, -0.1) is 0 Å². The topological polar surface area (TPSA) is 47.3 Å². The van der Waals surface area contributed by atoms with E-state index < -0.39 is 0 Å². The molecule has 2 aliphatic rings. The predicted molar refractivity (Wildman–Crippen MR) is 86.1 cm³/mol. The van der Waals surface area contributed by atoms with E-state index in [0.717, 1.165) is 30.0 Å². The van der Waals surface area contributed by atoms with Crippen LogP contribution in [0.1, 0.15) is 55.7 Å². The van der Waals surface area contributed by atoms with Crippen molar-refractivity contribution < 1.29 is 4.74 Å². The SMILES string of the molecule is Cc1c(Cl)cccc1C(NN)C1CCOC2(CCCC2)C1. The van der Waals surface area contributed by atoms with Crippen LogP contribution in [0.5, 0.6) is 0 Å². The van der Waals surface area contributed by atoms with Crippen LogP contribution in [0.2, 0.25) is 5.02 Å². The first-order valence-electron chi connectivity index (χ1n) is 8.00. The minimum atomic E-state index is 0.116. The Morgan fingerprint density at radius 3 is 2.86 bits per heavy atom. The van der Waals surface area contributed by atoms with Gasteiger partial charge in [-0.3, -0.25) is 11.3 Å². The zero-order valence-corrected chi connectivity index (χ0v) is 13.5. The number of hydrazine groups is 1. The Bertz CT molecular complexity index is 500. The highest BCUT2D eigenvalue weighted by molar-refractivity contribution is 6.31. The molecule has 3 rings (SSSR count). The molecule has 116 valence electrons. The van der Waals surface area contributed by atoms with Gasteiger partial charge < -0.3 is 4.74 Å². The molecule has 0 amide bonds. The molecular formula is C17H25ClN2O. The summed E-state index contributed by atoms with van der Waals surface area (Å²) < 4.78 is 6.15. The van der Waals surface area contributed by atoms with Gasteiger partial charge in [0.25, 0.3) is 0 Å². The second-order valence-electron chi connectivity index (χ2n) is 6.59. The zero-order chi connectivity index (χ0) is 14.9. The molecule has 2 fully saturated rings. The van der Waals surface area contributed by atoms with Crippen molar-refractivity contribution in [2.24, 2.45) is 11.8 Å². The highest BCUT2D eigenvalue weighted by atomic mass is 35.5. The first-order valence-corrected chi connectivity index (χ1v) is 8.38. The number of benzene rings is 1. The molecule has 0 radical (unpaired) electrons. The standard InChI is InChI=1S/C17H25ClN2O/c1-12-14(5-4-6-15(12)18)16(20-19)13-7-10-21-17(11-13)8-2-3-9-17/h4-6,13,16,20H,2-3,7-11,19H2,1H3. The van der Waals surface area contributed by atoms with E-state index in [1.165, 1.54) is 31.2 Å². The molecule has 3 nitrogen and oxygen atoms in total. The zero-order valence-electron chi connectivity index (χ0n) is 12.7. The van der Waals surface area contributed by atoms with E-state index in [2.05, 4.69) is 18.4 Å². The summed E-state index contributed by atoms with van der Waals surface area (Å²) >= 11 is 6.28. The smallest absolute Gasteiger partial charge is 0.0686 e. The second-order valence-corrected chi connectivity index (χ2v) is 7.00. The summed E-state index contributed by atoms with van der Waals surface area (Å²) in [5, 5.41) is 0.815. The molecule has 1 saturated heterocycles. The van der Waals surface area contributed by atoms with Gasteiger partial charge in [0.15, 0.2) is 0 Å². The Hall–Kier alpha value is -0.610. The van der Waals surface area contributed by atoms with Gasteiger partial charge in [-0.1, -0.05) is 36.6 Å². The lowest BCUT2D eigenvalue weighted by Gasteiger charge is -2.41. The van der Waals surface area contributed by atoms with Gasteiger partial charge in [-0.05, 0) is 55.7 Å². The maximum absolute atomic E-state index is 6.28. The van der Waals surface area contributed by atoms with E-state index in [9.17, 15) is 0 Å². The summed E-state index contributed by atoms with van der Waals surface area (Å²) in [6, 6.07) is 6.25. The first kappa shape index (κ1) is 15.3. The van der Waals surface area contributed by atoms with Gasteiger partial charge in [0.1, 0.15) is 0 Å². The van der Waals surface area contributed by atoms with Gasteiger partial charge in [-0.2, -0.15) is 0 Å². The fraction of sp³-hybridized carbons (Fsp3) is 0.647. The Kier molecular flexibility index (Phi) is 4.55. The summed E-state index contributed by atoms with van der Waals surface area (Å²) in [7, 11) is 0. The normalized spacial score (nSPS) is 26.1. The molecule has 0 aromatic heterocycles. The number of nitrogens with one attached hydrogen (secondary N) is 1. The predicted octanol–water partition coefficient (Wildman–Crippen LogP) is 3.89. The van der Waals surface area contributed by atoms with Crippen molar-refractivity contribution in [3.05, 3.63) is 34.3 Å². The fourth-order valence-electron chi connectivity index (χ4n) is 4.16. The molecule has 1 aliphatic heterocycles. The molecule has 0 bridgehead atoms. The van der Waals surface area contributed by atoms with Gasteiger partial charge in [-0.25, -0.2) is 0 Å². The highest BCUT2D eigenvalue weighted by Gasteiger charge is 2.42. The maximum Gasteiger partial charge on any atom is 0.0686 e. The van der Waals surface area contributed by atoms with Crippen molar-refractivity contribution >= 4 is 11.6 Å². The van der Waals surface area contributed by atoms with Crippen molar-refractivity contribution in [3.63, 3.8) is 0 Å². The second kappa shape index (κ2) is 6.25. The monoisotopic (exact) mass is 308 g/mol. The number of nitrogens with two attached hydrogens (primary N) is 1. The minimum absolute atomic E-state index is 0.116. The number of rotatable bonds is 3. The first-order chi connectivity index (χ1) is 10.2. The van der Waals surface area contributed by atoms with Crippen LogP contribution in [0.4, 0.5) is 0 Å². The average molecular weight is 309 g/mol. The molecular weight excluding hydrogens is 284 g/mol. The maximum atomic E-state index is 6.28. The van der Waals surface area contributed by atoms with Crippen LogP contribution < -0.4 is 11.3 Å². The van der Waals surface area contributed by atoms with Crippen molar-refractivity contribution in [3.8, 4) is 0 Å². The van der Waals surface area contributed by atoms with E-state index in [4.69, 9.17) is 22.2 Å². The molecule has 3 N–H and O–H groups in total. The van der Waals surface area contributed by atoms with Gasteiger partial charge in [0.2, 0.25) is 0 Å². The number of hydrogen-bond acceptors (Lipinski definition) is 3. The third-order valence-corrected chi connectivity index (χ3v) is 5.75. The molecule has 1 spiro atoms. The van der Waals surface area contributed by atoms with Crippen molar-refractivity contribution in [1.29, 1.82) is 0 Å². The number of hydrogen-bond donors (Lipinski definition) is 2. The van der Waals surface area contributed by atoms with E-state index in [1.807, 2.05) is 12.1 Å². The fourth-order valence-corrected chi connectivity index (χ4v) is 4.34. The van der Waals surface area contributed by atoms with Crippen LogP contribution >= 0.6 is 11.6 Å². The Morgan fingerprint density at radius 2 is 2.14 bits per heavy atom. The highest BCUT2D eigenvalue weighted by Crippen LogP contribution is 2.45. The molecule has 2 unspecified atom stereocenters. The van der Waals surface area contributed by atoms with E-state index in [0.29, 0.717) is 5.92 Å². The molecule has 1 aliphatic carbocycles. The number of ether oxygens (including phenoxy) is 1. The molecule has 21 heavy (non-hydrogen) atoms. The summed E-state index contributed by atoms with van der Waals surface area (Å²) in [5.74, 6) is 6.42. The Morgan fingerprint density at radius 1 is 1.38 bits per heavy atom. The van der Waals surface area contributed by atoms with Crippen LogP contribution in [0.25, 0.3) is 0 Å². The largest absolute Gasteiger partial charge is 0.375 e. The van der Waals surface area contributed by atoms with Gasteiger partial charge in [0, 0.05) is 17.7 Å². The summed E-state index contributed by atoms with van der Waals surface area (Å²) in [6.45, 7) is 2.93. The van der Waals surface area contributed by atoms with Crippen LogP contribution in [-0.4, -0.2) is 12.2 Å². The summed E-state index contributed by atoms with van der Waals surface area (Å²) in [4.78, 5) is 0. The van der Waals surface area contributed by atoms with Crippen LogP contribution in [0.3, 0.4) is 0 Å². The van der Waals surface area contributed by atoms with E-state index in [-0.39, 0.29) is 11.6 Å². The molecule has 1 aromatic carbocycles. The van der Waals surface area contributed by atoms with E-state index in [1.54, 1.807) is 0 Å². The van der Waals surface area contributed by atoms with Crippen molar-refractivity contribution in [2.75, 3.05) is 6.61 Å². The average Bonchev–Trinajstić information content (AvgIpc) is 2.92. The van der Waals surface area contributed by atoms with Gasteiger partial charge >= 0.3 is 0 Å². The Labute approximate surface area is 132 Å². The molecule has 1 aromatic rings. The Balaban J connectivity index is 1.84. The third-order valence-electron chi connectivity index (χ3n) is 5.34. The van der Waals surface area contributed by atoms with E-state index >= 15 is 0 Å². The van der Waals surface area contributed by atoms with Crippen LogP contribution in [0.15, 0.2) is 18.2 Å². The molecule has 1 saturated carbocycles. The molecule has 1 heterocycles. The van der Waals surface area contributed by atoms with Gasteiger partial charge in [0.05, 0.1) is 5.60 Å². The summed E-state index contributed by atoms with van der Waals surface area (Å²) in [5.41, 5.74) is 5.52. The lowest BCUT2D eigenvalue weighted by molar-refractivity contribution is -0.0982. The summed E-state index contributed by atoms with van der Waals surface area (Å²) in [6.07, 6.45) is 7.16. The third kappa shape index (κ3) is 2.98. The minimum Gasteiger partial charge on any atom is -0.375 e. The van der Waals surface area contributed by atoms with Crippen molar-refractivity contribution in [2.45, 2.75) is 57.1 Å². The lowest BCUT2D eigenvalue weighted by Crippen LogP contribution is -2.43. The van der Waals surface area contributed by atoms with Crippen LogP contribution in [0, 0.1) is 12.8 Å². The molecule has 2 atom stereocenters. The molecule has 4 heteroatoms.